The van der Waals surface area contributed by atoms with Crippen LogP contribution in [-0.2, 0) is 9.59 Å². The number of nitrogens with zero attached hydrogens (tertiary/aromatic N) is 2. The number of aliphatic hydroxyl groups excluding tert-OH is 1. The van der Waals surface area contributed by atoms with Crippen molar-refractivity contribution < 1.29 is 14.7 Å². The molecule has 1 unspecified atom stereocenters. The van der Waals surface area contributed by atoms with Gasteiger partial charge in [0.1, 0.15) is 5.76 Å². The van der Waals surface area contributed by atoms with Crippen LogP contribution in [0.15, 0.2) is 72.6 Å². The predicted molar refractivity (Wildman–Crippen MR) is 117 cm³/mol. The largest absolute Gasteiger partial charge is 0.507 e. The van der Waals surface area contributed by atoms with E-state index in [2.05, 4.69) is 4.98 Å². The van der Waals surface area contributed by atoms with Crippen molar-refractivity contribution in [1.82, 2.24) is 4.98 Å². The second-order valence-electron chi connectivity index (χ2n) is 6.56. The topological polar surface area (TPSA) is 70.5 Å². The fraction of sp³-hybridized carbons (Fsp3) is 0.0455. The van der Waals surface area contributed by atoms with E-state index >= 15 is 0 Å². The first kappa shape index (κ1) is 20.4. The fourth-order valence-corrected chi connectivity index (χ4v) is 3.86. The number of Topliss-reactive ketones (excluding diaryl/α,β-unsaturated/α-hetero) is 1. The summed E-state index contributed by atoms with van der Waals surface area (Å²) in [5.74, 6) is -1.97. The molecule has 2 heterocycles. The molecule has 0 bridgehead atoms. The van der Waals surface area contributed by atoms with Gasteiger partial charge in [0.2, 0.25) is 0 Å². The summed E-state index contributed by atoms with van der Waals surface area (Å²) in [5, 5.41) is 11.9. The molecule has 4 rings (SSSR count). The molecule has 1 fully saturated rings. The third kappa shape index (κ3) is 3.56. The zero-order valence-electron chi connectivity index (χ0n) is 15.2. The molecule has 1 saturated heterocycles. The molecule has 1 N–H and O–H groups in total. The molecule has 2 aromatic carbocycles. The molecule has 3 aromatic rings. The fourth-order valence-electron chi connectivity index (χ4n) is 3.38. The number of hydrogen-bond acceptors (Lipinski definition) is 4. The maximum atomic E-state index is 13.0. The number of rotatable bonds is 3. The normalized spacial score (nSPS) is 18.1. The van der Waals surface area contributed by atoms with E-state index in [9.17, 15) is 14.7 Å². The summed E-state index contributed by atoms with van der Waals surface area (Å²) in [6, 6.07) is 13.6. The monoisotopic (exact) mass is 458 g/mol. The highest BCUT2D eigenvalue weighted by Crippen LogP contribution is 2.42. The van der Waals surface area contributed by atoms with Gasteiger partial charge < -0.3 is 5.11 Å². The Morgan fingerprint density at radius 2 is 1.77 bits per heavy atom. The Hall–Kier alpha value is -2.86. The number of anilines is 1. The minimum atomic E-state index is -0.897. The van der Waals surface area contributed by atoms with Crippen LogP contribution in [0.25, 0.3) is 5.76 Å². The summed E-state index contributed by atoms with van der Waals surface area (Å²) in [5.41, 5.74) is 1.17. The van der Waals surface area contributed by atoms with Crippen molar-refractivity contribution in [1.29, 1.82) is 0 Å². The average Bonchev–Trinajstić information content (AvgIpc) is 3.01. The van der Waals surface area contributed by atoms with Crippen molar-refractivity contribution in [3.05, 3.63) is 98.8 Å². The number of carbonyl (C=O) groups is 2. The third-order valence-electron chi connectivity index (χ3n) is 4.72. The minimum absolute atomic E-state index is 0.0774. The maximum Gasteiger partial charge on any atom is 0.300 e. The molecule has 5 nitrogen and oxygen atoms in total. The number of halogens is 3. The molecular formula is C22H13Cl3N2O3. The van der Waals surface area contributed by atoms with Gasteiger partial charge in [-0.05, 0) is 48.0 Å². The highest BCUT2D eigenvalue weighted by atomic mass is 35.5. The number of amides is 1. The van der Waals surface area contributed by atoms with E-state index in [0.29, 0.717) is 21.3 Å². The van der Waals surface area contributed by atoms with Gasteiger partial charge in [0.05, 0.1) is 21.7 Å². The summed E-state index contributed by atoms with van der Waals surface area (Å²) >= 11 is 18.1. The van der Waals surface area contributed by atoms with Gasteiger partial charge in [-0.25, -0.2) is 0 Å². The van der Waals surface area contributed by atoms with E-state index in [1.807, 2.05) is 0 Å². The van der Waals surface area contributed by atoms with Crippen LogP contribution < -0.4 is 4.90 Å². The summed E-state index contributed by atoms with van der Waals surface area (Å²) in [7, 11) is 0. The lowest BCUT2D eigenvalue weighted by molar-refractivity contribution is -0.132. The summed E-state index contributed by atoms with van der Waals surface area (Å²) in [6.07, 6.45) is 3.12. The van der Waals surface area contributed by atoms with Crippen LogP contribution in [0.5, 0.6) is 0 Å². The van der Waals surface area contributed by atoms with Crippen molar-refractivity contribution in [2.24, 2.45) is 0 Å². The molecule has 1 aliphatic rings. The number of ketones is 1. The van der Waals surface area contributed by atoms with Gasteiger partial charge in [-0.3, -0.25) is 19.5 Å². The quantitative estimate of drug-likeness (QED) is 0.311. The number of aliphatic hydroxyl groups is 1. The molecule has 8 heteroatoms. The number of aromatic nitrogens is 1. The molecule has 1 amide bonds. The summed E-state index contributed by atoms with van der Waals surface area (Å²) in [4.78, 5) is 31.4. The van der Waals surface area contributed by atoms with Gasteiger partial charge in [0.15, 0.2) is 0 Å². The van der Waals surface area contributed by atoms with E-state index in [1.54, 1.807) is 42.6 Å². The van der Waals surface area contributed by atoms with Crippen molar-refractivity contribution >= 4 is 57.9 Å². The Labute approximate surface area is 187 Å². The van der Waals surface area contributed by atoms with Gasteiger partial charge in [-0.15, -0.1) is 0 Å². The Balaban J connectivity index is 1.95. The van der Waals surface area contributed by atoms with Crippen molar-refractivity contribution in [3.63, 3.8) is 0 Å². The number of carbonyl (C=O) groups excluding carboxylic acids is 2. The number of pyridine rings is 1. The molecule has 1 atom stereocenters. The highest BCUT2D eigenvalue weighted by molar-refractivity contribution is 6.52. The van der Waals surface area contributed by atoms with Crippen molar-refractivity contribution in [2.75, 3.05) is 4.90 Å². The summed E-state index contributed by atoms with van der Waals surface area (Å²) in [6.45, 7) is 0. The molecule has 150 valence electrons. The van der Waals surface area contributed by atoms with E-state index in [-0.39, 0.29) is 21.9 Å². The number of hydrogen-bond donors (Lipinski definition) is 1. The first-order chi connectivity index (χ1) is 14.4. The van der Waals surface area contributed by atoms with Crippen LogP contribution in [0.2, 0.25) is 15.1 Å². The molecule has 1 aromatic heterocycles. The van der Waals surface area contributed by atoms with Crippen LogP contribution in [-0.4, -0.2) is 21.8 Å². The molecule has 0 spiro atoms. The molecule has 0 radical (unpaired) electrons. The lowest BCUT2D eigenvalue weighted by Crippen LogP contribution is -2.29. The van der Waals surface area contributed by atoms with Crippen molar-refractivity contribution in [3.8, 4) is 0 Å². The first-order valence-corrected chi connectivity index (χ1v) is 9.94. The Kier molecular flexibility index (Phi) is 5.52. The standard InChI is InChI=1S/C22H13Cl3N2O3/c23-14-4-1-5-15(10-14)27-19(13-3-2-8-26-11-13)18(21(29)22(27)30)20(28)12-6-7-16(24)17(25)9-12/h1-11,19,28H/b20-18+. The van der Waals surface area contributed by atoms with Crippen LogP contribution in [0.1, 0.15) is 17.2 Å². The first-order valence-electron chi connectivity index (χ1n) is 8.80. The zero-order chi connectivity index (χ0) is 21.4. The van der Waals surface area contributed by atoms with Gasteiger partial charge in [-0.2, -0.15) is 0 Å². The van der Waals surface area contributed by atoms with Crippen LogP contribution in [0, 0.1) is 0 Å². The van der Waals surface area contributed by atoms with E-state index in [0.717, 1.165) is 0 Å². The van der Waals surface area contributed by atoms with Crippen molar-refractivity contribution in [2.45, 2.75) is 6.04 Å². The average molecular weight is 460 g/mol. The van der Waals surface area contributed by atoms with Gasteiger partial charge in [-0.1, -0.05) is 46.9 Å². The lowest BCUT2D eigenvalue weighted by Gasteiger charge is -2.25. The van der Waals surface area contributed by atoms with Crippen LogP contribution in [0.3, 0.4) is 0 Å². The molecule has 30 heavy (non-hydrogen) atoms. The number of benzene rings is 2. The molecule has 0 aliphatic carbocycles. The van der Waals surface area contributed by atoms with E-state index in [1.165, 1.54) is 29.3 Å². The predicted octanol–water partition coefficient (Wildman–Crippen LogP) is 5.67. The zero-order valence-corrected chi connectivity index (χ0v) is 17.5. The van der Waals surface area contributed by atoms with Gasteiger partial charge >= 0.3 is 0 Å². The van der Waals surface area contributed by atoms with Crippen LogP contribution >= 0.6 is 34.8 Å². The molecule has 0 saturated carbocycles. The Morgan fingerprint density at radius 1 is 0.967 bits per heavy atom. The maximum absolute atomic E-state index is 13.0. The highest BCUT2D eigenvalue weighted by Gasteiger charge is 2.47. The van der Waals surface area contributed by atoms with E-state index in [4.69, 9.17) is 34.8 Å². The van der Waals surface area contributed by atoms with Gasteiger partial charge in [0.25, 0.3) is 11.7 Å². The molecular weight excluding hydrogens is 447 g/mol. The second-order valence-corrected chi connectivity index (χ2v) is 7.82. The smallest absolute Gasteiger partial charge is 0.300 e. The summed E-state index contributed by atoms with van der Waals surface area (Å²) < 4.78 is 0. The Bertz CT molecular complexity index is 1200. The van der Waals surface area contributed by atoms with Crippen LogP contribution in [0.4, 0.5) is 5.69 Å². The lowest BCUT2D eigenvalue weighted by atomic mass is 9.96. The molecule has 1 aliphatic heterocycles. The van der Waals surface area contributed by atoms with Gasteiger partial charge in [0, 0.05) is 28.7 Å². The minimum Gasteiger partial charge on any atom is -0.507 e. The third-order valence-corrected chi connectivity index (χ3v) is 5.70. The second kappa shape index (κ2) is 8.11. The Morgan fingerprint density at radius 3 is 2.43 bits per heavy atom. The SMILES string of the molecule is O=C1C(=O)N(c2cccc(Cl)c2)C(c2cccnc2)/C1=C(\O)c1ccc(Cl)c(Cl)c1. The van der Waals surface area contributed by atoms with E-state index < -0.39 is 17.7 Å².